The summed E-state index contributed by atoms with van der Waals surface area (Å²) in [4.78, 5) is 24.2. The van der Waals surface area contributed by atoms with E-state index in [4.69, 9.17) is 22.1 Å². The molecule has 0 fully saturated rings. The fourth-order valence-electron chi connectivity index (χ4n) is 3.56. The van der Waals surface area contributed by atoms with Crippen molar-refractivity contribution in [3.8, 4) is 0 Å². The third-order valence-corrected chi connectivity index (χ3v) is 7.16. The number of nitrogens with zero attached hydrogens (tertiary/aromatic N) is 4. The summed E-state index contributed by atoms with van der Waals surface area (Å²) in [5, 5.41) is 2.67. The van der Waals surface area contributed by atoms with E-state index < -0.39 is 21.9 Å². The fraction of sp³-hybridized carbons (Fsp3) is 0.250. The van der Waals surface area contributed by atoms with Gasteiger partial charge in [0.25, 0.3) is 0 Å². The molecule has 2 heterocycles. The Morgan fingerprint density at radius 2 is 1.84 bits per heavy atom. The van der Waals surface area contributed by atoms with Gasteiger partial charge in [-0.05, 0) is 48.2 Å². The number of imidazole rings is 1. The molecule has 200 valence electrons. The van der Waals surface area contributed by atoms with Crippen molar-refractivity contribution >= 4 is 44.7 Å². The molecule has 0 saturated carbocycles. The summed E-state index contributed by atoms with van der Waals surface area (Å²) in [5.74, 6) is -0.271. The summed E-state index contributed by atoms with van der Waals surface area (Å²) in [6.07, 6.45) is 2.32. The maximum Gasteiger partial charge on any atom is 0.407 e. The SMILES string of the molecule is Nc1nc(Cl)nc2c1ncn2CCCCOC(=O)NCc1ccc(S(=O)(=O)NCc2ccccc2F)cc1. The van der Waals surface area contributed by atoms with Gasteiger partial charge in [0.1, 0.15) is 11.3 Å². The number of hydrogen-bond donors (Lipinski definition) is 3. The van der Waals surface area contributed by atoms with Gasteiger partial charge in [-0.1, -0.05) is 30.3 Å². The molecule has 14 heteroatoms. The molecule has 4 N–H and O–H groups in total. The van der Waals surface area contributed by atoms with Crippen molar-refractivity contribution in [2.45, 2.75) is 37.4 Å². The molecule has 0 aliphatic carbocycles. The number of ether oxygens (including phenoxy) is 1. The highest BCUT2D eigenvalue weighted by Crippen LogP contribution is 2.18. The number of hydrogen-bond acceptors (Lipinski definition) is 8. The van der Waals surface area contributed by atoms with Crippen molar-refractivity contribution in [1.82, 2.24) is 29.6 Å². The van der Waals surface area contributed by atoms with E-state index in [1.54, 1.807) is 29.1 Å². The number of nitrogens with one attached hydrogen (secondary N) is 2. The second-order valence-electron chi connectivity index (χ2n) is 8.24. The van der Waals surface area contributed by atoms with Gasteiger partial charge >= 0.3 is 6.09 Å². The lowest BCUT2D eigenvalue weighted by Crippen LogP contribution is -2.25. The van der Waals surface area contributed by atoms with Crippen molar-refractivity contribution in [2.75, 3.05) is 12.3 Å². The Morgan fingerprint density at radius 1 is 1.08 bits per heavy atom. The minimum Gasteiger partial charge on any atom is -0.450 e. The zero-order valence-electron chi connectivity index (χ0n) is 20.1. The first-order valence-corrected chi connectivity index (χ1v) is 13.5. The first-order chi connectivity index (χ1) is 18.2. The standard InChI is InChI=1S/C24H25ClFN7O4S/c25-23-31-21(27)20-22(32-23)33(15-29-20)11-3-4-12-37-24(34)28-13-16-7-9-18(10-8-16)38(35,36)30-14-17-5-1-2-6-19(17)26/h1-2,5-10,15,30H,3-4,11-14H2,(H,28,34)(H2,27,31,32). The third kappa shape index (κ3) is 6.94. The number of benzene rings is 2. The van der Waals surface area contributed by atoms with Crippen LogP contribution in [0.15, 0.2) is 59.8 Å². The van der Waals surface area contributed by atoms with E-state index >= 15 is 0 Å². The molecule has 2 aromatic carbocycles. The lowest BCUT2D eigenvalue weighted by Gasteiger charge is -2.10. The number of carbonyl (C=O) groups excluding carboxylic acids is 1. The monoisotopic (exact) mass is 561 g/mol. The number of nitrogens with two attached hydrogens (primary N) is 1. The van der Waals surface area contributed by atoms with Gasteiger partial charge in [0, 0.05) is 25.2 Å². The van der Waals surface area contributed by atoms with E-state index in [0.29, 0.717) is 36.1 Å². The van der Waals surface area contributed by atoms with Crippen LogP contribution in [0, 0.1) is 5.82 Å². The molecule has 0 saturated heterocycles. The second kappa shape index (κ2) is 12.2. The number of carbonyl (C=O) groups is 1. The van der Waals surface area contributed by atoms with Crippen LogP contribution in [-0.2, 0) is 34.4 Å². The average molecular weight is 562 g/mol. The minimum absolute atomic E-state index is 0.0299. The Morgan fingerprint density at radius 3 is 2.61 bits per heavy atom. The Kier molecular flexibility index (Phi) is 8.71. The Balaban J connectivity index is 1.17. The normalized spacial score (nSPS) is 11.5. The number of amides is 1. The number of aromatic nitrogens is 4. The van der Waals surface area contributed by atoms with Gasteiger partial charge in [-0.15, -0.1) is 0 Å². The molecule has 0 aliphatic rings. The topological polar surface area (TPSA) is 154 Å². The van der Waals surface area contributed by atoms with Crippen molar-refractivity contribution in [3.05, 3.63) is 77.1 Å². The minimum atomic E-state index is -3.83. The number of nitrogen functional groups attached to an aromatic ring is 1. The molecule has 0 radical (unpaired) electrons. The van der Waals surface area contributed by atoms with Gasteiger partial charge < -0.3 is 20.4 Å². The summed E-state index contributed by atoms with van der Waals surface area (Å²) in [6.45, 7) is 0.783. The highest BCUT2D eigenvalue weighted by Gasteiger charge is 2.15. The van der Waals surface area contributed by atoms with E-state index in [1.807, 2.05) is 0 Å². The maximum absolute atomic E-state index is 13.7. The predicted octanol–water partition coefficient (Wildman–Crippen LogP) is 3.39. The number of unbranched alkanes of at least 4 members (excludes halogenated alkanes) is 1. The quantitative estimate of drug-likeness (QED) is 0.186. The Bertz CT molecular complexity index is 1530. The number of fused-ring (bicyclic) bond motifs is 1. The molecule has 1 amide bonds. The number of halogens is 2. The van der Waals surface area contributed by atoms with Crippen LogP contribution in [0.5, 0.6) is 0 Å². The van der Waals surface area contributed by atoms with Crippen LogP contribution in [0.3, 0.4) is 0 Å². The number of rotatable bonds is 11. The first-order valence-electron chi connectivity index (χ1n) is 11.6. The van der Waals surface area contributed by atoms with E-state index in [-0.39, 0.29) is 41.3 Å². The van der Waals surface area contributed by atoms with Crippen LogP contribution in [0.2, 0.25) is 5.28 Å². The number of sulfonamides is 1. The number of aryl methyl sites for hydroxylation is 1. The van der Waals surface area contributed by atoms with Crippen molar-refractivity contribution in [3.63, 3.8) is 0 Å². The fourth-order valence-corrected chi connectivity index (χ4v) is 4.74. The summed E-state index contributed by atoms with van der Waals surface area (Å²) < 4.78 is 48.1. The molecule has 38 heavy (non-hydrogen) atoms. The molecule has 2 aromatic heterocycles. The molecule has 0 atom stereocenters. The van der Waals surface area contributed by atoms with E-state index in [0.717, 1.165) is 0 Å². The molecule has 0 bridgehead atoms. The van der Waals surface area contributed by atoms with E-state index in [2.05, 4.69) is 25.0 Å². The van der Waals surface area contributed by atoms with Crippen LogP contribution < -0.4 is 15.8 Å². The van der Waals surface area contributed by atoms with Crippen molar-refractivity contribution in [2.24, 2.45) is 0 Å². The van der Waals surface area contributed by atoms with Crippen LogP contribution in [0.4, 0.5) is 15.0 Å². The Hall–Kier alpha value is -3.81. The van der Waals surface area contributed by atoms with Gasteiger partial charge in [0.15, 0.2) is 11.5 Å². The maximum atomic E-state index is 13.7. The van der Waals surface area contributed by atoms with Crippen LogP contribution in [0.1, 0.15) is 24.0 Å². The van der Waals surface area contributed by atoms with Gasteiger partial charge in [-0.25, -0.2) is 27.3 Å². The largest absolute Gasteiger partial charge is 0.450 e. The molecule has 0 aliphatic heterocycles. The molecule has 0 spiro atoms. The summed E-state index contributed by atoms with van der Waals surface area (Å²) in [5.41, 5.74) is 7.75. The summed E-state index contributed by atoms with van der Waals surface area (Å²) in [7, 11) is -3.83. The summed E-state index contributed by atoms with van der Waals surface area (Å²) >= 11 is 5.86. The molecule has 4 rings (SSSR count). The van der Waals surface area contributed by atoms with Crippen molar-refractivity contribution in [1.29, 1.82) is 0 Å². The first kappa shape index (κ1) is 27.2. The smallest absolute Gasteiger partial charge is 0.407 e. The molecule has 4 aromatic rings. The number of anilines is 1. The predicted molar refractivity (Wildman–Crippen MR) is 139 cm³/mol. The highest BCUT2D eigenvalue weighted by atomic mass is 35.5. The number of alkyl carbamates (subject to hydrolysis) is 1. The molecular formula is C24H25ClFN7O4S. The average Bonchev–Trinajstić information content (AvgIpc) is 3.30. The second-order valence-corrected chi connectivity index (χ2v) is 10.3. The van der Waals surface area contributed by atoms with Crippen LogP contribution in [0.25, 0.3) is 11.2 Å². The molecular weight excluding hydrogens is 537 g/mol. The van der Waals surface area contributed by atoms with Gasteiger partial charge in [0.05, 0.1) is 17.8 Å². The molecule has 11 nitrogen and oxygen atoms in total. The van der Waals surface area contributed by atoms with Gasteiger partial charge in [0.2, 0.25) is 15.3 Å². The third-order valence-electron chi connectivity index (χ3n) is 5.57. The lowest BCUT2D eigenvalue weighted by atomic mass is 10.2. The van der Waals surface area contributed by atoms with Gasteiger partial charge in [-0.2, -0.15) is 9.97 Å². The van der Waals surface area contributed by atoms with Gasteiger partial charge in [-0.3, -0.25) is 0 Å². The van der Waals surface area contributed by atoms with E-state index in [9.17, 15) is 17.6 Å². The van der Waals surface area contributed by atoms with E-state index in [1.165, 1.54) is 30.3 Å². The zero-order chi connectivity index (χ0) is 27.1. The summed E-state index contributed by atoms with van der Waals surface area (Å²) in [6, 6.07) is 11.9. The molecule has 0 unspecified atom stereocenters. The van der Waals surface area contributed by atoms with Crippen LogP contribution in [-0.4, -0.2) is 40.6 Å². The Labute approximate surface area is 223 Å². The van der Waals surface area contributed by atoms with Crippen molar-refractivity contribution < 1.29 is 22.3 Å². The van der Waals surface area contributed by atoms with Crippen LogP contribution >= 0.6 is 11.6 Å². The highest BCUT2D eigenvalue weighted by molar-refractivity contribution is 7.89. The zero-order valence-corrected chi connectivity index (χ0v) is 21.7. The lowest BCUT2D eigenvalue weighted by molar-refractivity contribution is 0.143.